The van der Waals surface area contributed by atoms with Crippen molar-refractivity contribution in [2.45, 2.75) is 31.9 Å². The molecule has 0 radical (unpaired) electrons. The van der Waals surface area contributed by atoms with Gasteiger partial charge in [-0.15, -0.1) is 0 Å². The molecule has 0 spiro atoms. The average molecular weight is 480 g/mol. The Labute approximate surface area is 201 Å². The molecular weight excluding hydrogens is 455 g/mol. The molecule has 1 aliphatic heterocycles. The number of ether oxygens (including phenoxy) is 3. The predicted molar refractivity (Wildman–Crippen MR) is 124 cm³/mol. The van der Waals surface area contributed by atoms with E-state index in [-0.39, 0.29) is 52.6 Å². The van der Waals surface area contributed by atoms with Crippen LogP contribution in [0.1, 0.15) is 40.5 Å². The van der Waals surface area contributed by atoms with Gasteiger partial charge in [-0.05, 0) is 44.0 Å². The third kappa shape index (κ3) is 4.91. The summed E-state index contributed by atoms with van der Waals surface area (Å²) in [6, 6.07) is 7.36. The van der Waals surface area contributed by atoms with E-state index in [1.54, 1.807) is 17.0 Å². The molecule has 1 fully saturated rings. The number of aromatic nitrogens is 3. The minimum Gasteiger partial charge on any atom is -0.496 e. The number of carbonyl (C=O) groups is 2. The number of hydrogen-bond acceptors (Lipinski definition) is 8. The molecule has 2 atom stereocenters. The van der Waals surface area contributed by atoms with Crippen LogP contribution in [0.3, 0.4) is 0 Å². The third-order valence-electron chi connectivity index (χ3n) is 5.90. The Hall–Kier alpha value is -4.08. The molecule has 0 aliphatic carbocycles. The Morgan fingerprint density at radius 3 is 2.51 bits per heavy atom. The average Bonchev–Trinajstić information content (AvgIpc) is 2.89. The highest BCUT2D eigenvalue weighted by Gasteiger charge is 2.34. The summed E-state index contributed by atoms with van der Waals surface area (Å²) in [5, 5.41) is 0. The Bertz CT molecular complexity index is 1220. The van der Waals surface area contributed by atoms with Crippen molar-refractivity contribution >= 4 is 11.9 Å². The van der Waals surface area contributed by atoms with Gasteiger partial charge in [-0.3, -0.25) is 4.79 Å². The summed E-state index contributed by atoms with van der Waals surface area (Å²) in [5.74, 6) is -1.12. The summed E-state index contributed by atoms with van der Waals surface area (Å²) >= 11 is 0. The van der Waals surface area contributed by atoms with Crippen molar-refractivity contribution in [2.75, 3.05) is 20.8 Å². The first-order chi connectivity index (χ1) is 16.9. The number of benzene rings is 1. The van der Waals surface area contributed by atoms with Crippen LogP contribution in [0.2, 0.25) is 0 Å². The Kier molecular flexibility index (Phi) is 7.19. The maximum absolute atomic E-state index is 14.8. The topological polar surface area (TPSA) is 104 Å². The first-order valence-electron chi connectivity index (χ1n) is 11.1. The van der Waals surface area contributed by atoms with Crippen LogP contribution in [0, 0.1) is 5.82 Å². The van der Waals surface area contributed by atoms with E-state index in [1.807, 2.05) is 6.92 Å². The quantitative estimate of drug-likeness (QED) is 0.494. The van der Waals surface area contributed by atoms with Crippen molar-refractivity contribution < 1.29 is 28.2 Å². The molecule has 0 unspecified atom stereocenters. The monoisotopic (exact) mass is 480 g/mol. The van der Waals surface area contributed by atoms with E-state index in [9.17, 15) is 14.0 Å². The zero-order valence-corrected chi connectivity index (χ0v) is 19.6. The predicted octanol–water partition coefficient (Wildman–Crippen LogP) is 3.55. The van der Waals surface area contributed by atoms with Gasteiger partial charge in [0, 0.05) is 24.6 Å². The maximum Gasteiger partial charge on any atom is 0.347 e. The van der Waals surface area contributed by atoms with Crippen LogP contribution in [0.5, 0.6) is 11.6 Å². The molecule has 2 aromatic heterocycles. The molecule has 35 heavy (non-hydrogen) atoms. The second kappa shape index (κ2) is 10.5. The van der Waals surface area contributed by atoms with Gasteiger partial charge >= 0.3 is 5.97 Å². The molecular formula is C25H25FN4O5. The fourth-order valence-corrected chi connectivity index (χ4v) is 4.10. The molecule has 182 valence electrons. The zero-order valence-electron chi connectivity index (χ0n) is 19.6. The van der Waals surface area contributed by atoms with Crippen LogP contribution >= 0.6 is 0 Å². The van der Waals surface area contributed by atoms with Crippen LogP contribution in [-0.2, 0) is 4.74 Å². The van der Waals surface area contributed by atoms with E-state index in [0.717, 1.165) is 0 Å². The molecule has 0 saturated carbocycles. The molecule has 1 saturated heterocycles. The van der Waals surface area contributed by atoms with Crippen LogP contribution in [0.4, 0.5) is 4.39 Å². The van der Waals surface area contributed by atoms with Crippen LogP contribution in [-0.4, -0.2) is 64.6 Å². The highest BCUT2D eigenvalue weighted by atomic mass is 19.1. The number of amides is 1. The second-order valence-corrected chi connectivity index (χ2v) is 8.04. The lowest BCUT2D eigenvalue weighted by atomic mass is 9.98. The molecule has 3 heterocycles. The number of esters is 1. The number of halogens is 1. The number of likely N-dealkylation sites (tertiary alicyclic amines) is 1. The lowest BCUT2D eigenvalue weighted by molar-refractivity contribution is 0.0358. The summed E-state index contributed by atoms with van der Waals surface area (Å²) in [5.41, 5.74) is 0.289. The van der Waals surface area contributed by atoms with E-state index >= 15 is 0 Å². The van der Waals surface area contributed by atoms with Gasteiger partial charge in [-0.1, -0.05) is 6.07 Å². The SMILES string of the molecule is COC(=O)c1c(OC)ccnc1O[C@@H]1CC[C@@H](C)N(C(=O)c2cccc(F)c2-c2ncccn2)C1. The van der Waals surface area contributed by atoms with Crippen molar-refractivity contribution in [3.05, 3.63) is 65.9 Å². The first kappa shape index (κ1) is 24.1. The second-order valence-electron chi connectivity index (χ2n) is 8.04. The molecule has 1 amide bonds. The van der Waals surface area contributed by atoms with E-state index in [2.05, 4.69) is 15.0 Å². The van der Waals surface area contributed by atoms with Gasteiger partial charge in [-0.25, -0.2) is 24.1 Å². The first-order valence-corrected chi connectivity index (χ1v) is 11.1. The summed E-state index contributed by atoms with van der Waals surface area (Å²) < 4.78 is 31.0. The summed E-state index contributed by atoms with van der Waals surface area (Å²) in [7, 11) is 2.69. The molecule has 3 aromatic rings. The standard InChI is InChI=1S/C25H25FN4O5/c1-15-8-9-16(35-23-21(25(32)34-3)19(33-2)10-13-29-23)14-30(15)24(31)17-6-4-7-18(26)20(17)22-27-11-5-12-28-22/h4-7,10-13,15-16H,8-9,14H2,1-3H3/t15-,16-/m1/s1. The normalized spacial score (nSPS) is 17.5. The third-order valence-corrected chi connectivity index (χ3v) is 5.90. The minimum atomic E-state index is -0.644. The van der Waals surface area contributed by atoms with Gasteiger partial charge in [0.1, 0.15) is 17.7 Å². The van der Waals surface area contributed by atoms with Gasteiger partial charge in [0.25, 0.3) is 5.91 Å². The maximum atomic E-state index is 14.8. The highest BCUT2D eigenvalue weighted by molar-refractivity contribution is 6.00. The van der Waals surface area contributed by atoms with Gasteiger partial charge in [0.2, 0.25) is 5.88 Å². The molecule has 1 aliphatic rings. The van der Waals surface area contributed by atoms with Crippen molar-refractivity contribution in [3.8, 4) is 23.0 Å². The summed E-state index contributed by atoms with van der Waals surface area (Å²) in [6.07, 6.45) is 5.27. The number of pyridine rings is 1. The summed E-state index contributed by atoms with van der Waals surface area (Å²) in [4.78, 5) is 40.0. The Morgan fingerprint density at radius 2 is 1.80 bits per heavy atom. The Morgan fingerprint density at radius 1 is 1.03 bits per heavy atom. The molecule has 1 aromatic carbocycles. The number of piperidine rings is 1. The van der Waals surface area contributed by atoms with Gasteiger partial charge < -0.3 is 19.1 Å². The van der Waals surface area contributed by atoms with E-state index in [0.29, 0.717) is 12.8 Å². The highest BCUT2D eigenvalue weighted by Crippen LogP contribution is 2.31. The minimum absolute atomic E-state index is 0.0516. The molecule has 0 N–H and O–H groups in total. The fourth-order valence-electron chi connectivity index (χ4n) is 4.10. The van der Waals surface area contributed by atoms with Crippen LogP contribution in [0.25, 0.3) is 11.4 Å². The van der Waals surface area contributed by atoms with Crippen molar-refractivity contribution in [2.24, 2.45) is 0 Å². The number of methoxy groups -OCH3 is 2. The lowest BCUT2D eigenvalue weighted by Gasteiger charge is -2.38. The van der Waals surface area contributed by atoms with E-state index < -0.39 is 17.9 Å². The summed E-state index contributed by atoms with van der Waals surface area (Å²) in [6.45, 7) is 2.14. The van der Waals surface area contributed by atoms with Gasteiger partial charge in [-0.2, -0.15) is 0 Å². The number of hydrogen-bond donors (Lipinski definition) is 0. The van der Waals surface area contributed by atoms with Gasteiger partial charge in [0.15, 0.2) is 11.4 Å². The number of nitrogens with zero attached hydrogens (tertiary/aromatic N) is 4. The zero-order chi connectivity index (χ0) is 24.9. The number of carbonyl (C=O) groups excluding carboxylic acids is 2. The molecule has 4 rings (SSSR count). The smallest absolute Gasteiger partial charge is 0.347 e. The van der Waals surface area contributed by atoms with Crippen molar-refractivity contribution in [1.82, 2.24) is 19.9 Å². The fraction of sp³-hybridized carbons (Fsp3) is 0.320. The Balaban J connectivity index is 1.62. The van der Waals surface area contributed by atoms with Crippen molar-refractivity contribution in [1.29, 1.82) is 0 Å². The molecule has 9 nitrogen and oxygen atoms in total. The lowest BCUT2D eigenvalue weighted by Crippen LogP contribution is -2.49. The van der Waals surface area contributed by atoms with Crippen molar-refractivity contribution in [3.63, 3.8) is 0 Å². The van der Waals surface area contributed by atoms with Crippen LogP contribution in [0.15, 0.2) is 48.9 Å². The van der Waals surface area contributed by atoms with Gasteiger partial charge in [0.05, 0.1) is 31.9 Å². The molecule has 0 bridgehead atoms. The van der Waals surface area contributed by atoms with E-state index in [1.165, 1.54) is 51.0 Å². The molecule has 10 heteroatoms. The van der Waals surface area contributed by atoms with E-state index in [4.69, 9.17) is 14.2 Å². The largest absolute Gasteiger partial charge is 0.496 e. The van der Waals surface area contributed by atoms with Crippen LogP contribution < -0.4 is 9.47 Å². The number of rotatable bonds is 6.